The van der Waals surface area contributed by atoms with Crippen LogP contribution in [0.25, 0.3) is 0 Å². The number of ether oxygens (including phenoxy) is 2. The van der Waals surface area contributed by atoms with E-state index in [0.29, 0.717) is 11.5 Å². The van der Waals surface area contributed by atoms with Gasteiger partial charge in [-0.05, 0) is 36.4 Å². The molecule has 136 valence electrons. The summed E-state index contributed by atoms with van der Waals surface area (Å²) in [4.78, 5) is 0. The average molecular weight is 390 g/mol. The number of aromatic nitrogens is 2. The van der Waals surface area contributed by atoms with E-state index in [1.807, 2.05) is 54.6 Å². The normalized spacial score (nSPS) is 11.8. The fraction of sp³-hybridized carbons (Fsp3) is 0.222. The maximum Gasteiger partial charge on any atom is 0.210 e. The van der Waals surface area contributed by atoms with E-state index in [1.165, 1.54) is 23.1 Å². The van der Waals surface area contributed by atoms with Crippen LogP contribution < -0.4 is 14.8 Å². The van der Waals surface area contributed by atoms with Crippen molar-refractivity contribution in [2.45, 2.75) is 10.4 Å². The summed E-state index contributed by atoms with van der Waals surface area (Å²) in [6, 6.07) is 17.1. The quantitative estimate of drug-likeness (QED) is 0.539. The van der Waals surface area contributed by atoms with Gasteiger partial charge in [0.1, 0.15) is 18.1 Å². The minimum Gasteiger partial charge on any atom is -0.497 e. The third-order valence-corrected chi connectivity index (χ3v) is 5.45. The van der Waals surface area contributed by atoms with Crippen LogP contribution in [-0.2, 0) is 0 Å². The number of benzene rings is 2. The van der Waals surface area contributed by atoms with Crippen molar-refractivity contribution in [3.05, 3.63) is 54.6 Å². The number of aliphatic hydroxyl groups is 1. The number of methoxy groups -OCH3 is 1. The first-order chi connectivity index (χ1) is 12.7. The van der Waals surface area contributed by atoms with Gasteiger partial charge >= 0.3 is 0 Å². The van der Waals surface area contributed by atoms with E-state index in [-0.39, 0.29) is 6.61 Å². The highest BCUT2D eigenvalue weighted by Gasteiger charge is 2.10. The highest BCUT2D eigenvalue weighted by atomic mass is 32.2. The summed E-state index contributed by atoms with van der Waals surface area (Å²) in [7, 11) is 1.62. The lowest BCUT2D eigenvalue weighted by atomic mass is 10.3. The molecule has 1 heterocycles. The van der Waals surface area contributed by atoms with E-state index in [9.17, 15) is 5.11 Å². The van der Waals surface area contributed by atoms with Gasteiger partial charge in [-0.1, -0.05) is 41.3 Å². The van der Waals surface area contributed by atoms with Crippen molar-refractivity contribution in [2.24, 2.45) is 0 Å². The van der Waals surface area contributed by atoms with Gasteiger partial charge in [-0.2, -0.15) is 0 Å². The van der Waals surface area contributed by atoms with Crippen LogP contribution in [0.4, 0.5) is 10.8 Å². The van der Waals surface area contributed by atoms with Gasteiger partial charge in [0.2, 0.25) is 5.13 Å². The highest BCUT2D eigenvalue weighted by molar-refractivity contribution is 8.01. The molecule has 2 N–H and O–H groups in total. The average Bonchev–Trinajstić information content (AvgIpc) is 3.13. The van der Waals surface area contributed by atoms with E-state index in [4.69, 9.17) is 9.47 Å². The lowest BCUT2D eigenvalue weighted by Gasteiger charge is -2.11. The Bertz CT molecular complexity index is 797. The van der Waals surface area contributed by atoms with Crippen molar-refractivity contribution in [3.8, 4) is 11.5 Å². The molecule has 0 saturated heterocycles. The summed E-state index contributed by atoms with van der Waals surface area (Å²) < 4.78 is 11.5. The number of para-hydroxylation sites is 1. The van der Waals surface area contributed by atoms with Gasteiger partial charge in [-0.15, -0.1) is 10.2 Å². The largest absolute Gasteiger partial charge is 0.497 e. The molecule has 0 aliphatic rings. The van der Waals surface area contributed by atoms with Gasteiger partial charge in [0, 0.05) is 11.4 Å². The predicted molar refractivity (Wildman–Crippen MR) is 105 cm³/mol. The molecule has 0 bridgehead atoms. The van der Waals surface area contributed by atoms with Gasteiger partial charge in [-0.25, -0.2) is 0 Å². The summed E-state index contributed by atoms with van der Waals surface area (Å²) in [6.45, 7) is 0.216. The third-order valence-electron chi connectivity index (χ3n) is 3.33. The molecule has 0 fully saturated rings. The molecule has 3 aromatic rings. The fourth-order valence-corrected chi connectivity index (χ4v) is 3.75. The number of thioether (sulfide) groups is 1. The number of nitrogens with one attached hydrogen (secondary N) is 1. The van der Waals surface area contributed by atoms with E-state index in [0.717, 1.165) is 20.9 Å². The van der Waals surface area contributed by atoms with Gasteiger partial charge in [0.05, 0.1) is 13.2 Å². The van der Waals surface area contributed by atoms with Gasteiger partial charge in [0.15, 0.2) is 4.34 Å². The second kappa shape index (κ2) is 9.42. The van der Waals surface area contributed by atoms with Crippen LogP contribution in [0.1, 0.15) is 0 Å². The van der Waals surface area contributed by atoms with Crippen LogP contribution in [0, 0.1) is 0 Å². The van der Waals surface area contributed by atoms with Crippen LogP contribution in [0.3, 0.4) is 0 Å². The lowest BCUT2D eigenvalue weighted by Crippen LogP contribution is -2.19. The molecule has 26 heavy (non-hydrogen) atoms. The smallest absolute Gasteiger partial charge is 0.210 e. The first-order valence-corrected chi connectivity index (χ1v) is 9.76. The molecular weight excluding hydrogens is 370 g/mol. The zero-order chi connectivity index (χ0) is 18.2. The van der Waals surface area contributed by atoms with Gasteiger partial charge in [-0.3, -0.25) is 0 Å². The zero-order valence-electron chi connectivity index (χ0n) is 14.2. The topological polar surface area (TPSA) is 76.5 Å². The van der Waals surface area contributed by atoms with Crippen molar-refractivity contribution in [3.63, 3.8) is 0 Å². The van der Waals surface area contributed by atoms with Crippen molar-refractivity contribution in [1.29, 1.82) is 0 Å². The SMILES string of the molecule is COc1ccc(OCC(O)CSc2nnc(Nc3ccccc3)s2)cc1. The van der Waals surface area contributed by atoms with Gasteiger partial charge < -0.3 is 19.9 Å². The Kier molecular flexibility index (Phi) is 6.70. The molecule has 3 rings (SSSR count). The molecule has 1 atom stereocenters. The molecule has 8 heteroatoms. The Morgan fingerprint density at radius 2 is 1.81 bits per heavy atom. The highest BCUT2D eigenvalue weighted by Crippen LogP contribution is 2.28. The summed E-state index contributed by atoms with van der Waals surface area (Å²) in [5.41, 5.74) is 0.966. The second-order valence-electron chi connectivity index (χ2n) is 5.32. The van der Waals surface area contributed by atoms with Crippen LogP contribution >= 0.6 is 23.1 Å². The molecule has 2 aromatic carbocycles. The minimum absolute atomic E-state index is 0.216. The molecule has 0 spiro atoms. The van der Waals surface area contributed by atoms with Crippen molar-refractivity contribution < 1.29 is 14.6 Å². The number of rotatable bonds is 9. The molecule has 0 saturated carbocycles. The number of aliphatic hydroxyl groups excluding tert-OH is 1. The number of hydrogen-bond donors (Lipinski definition) is 2. The monoisotopic (exact) mass is 389 g/mol. The Morgan fingerprint density at radius 3 is 2.54 bits per heavy atom. The Balaban J connectivity index is 1.42. The third kappa shape index (κ3) is 5.62. The van der Waals surface area contributed by atoms with Crippen LogP contribution in [-0.4, -0.2) is 40.9 Å². The maximum atomic E-state index is 10.1. The first kappa shape index (κ1) is 18.5. The molecule has 0 aliphatic carbocycles. The van der Waals surface area contributed by atoms with E-state index >= 15 is 0 Å². The molecular formula is C18H19N3O3S2. The van der Waals surface area contributed by atoms with Crippen LogP contribution in [0.15, 0.2) is 58.9 Å². The molecule has 0 aliphatic heterocycles. The maximum absolute atomic E-state index is 10.1. The van der Waals surface area contributed by atoms with Crippen LogP contribution in [0.2, 0.25) is 0 Å². The molecule has 6 nitrogen and oxygen atoms in total. The predicted octanol–water partition coefficient (Wildman–Crippen LogP) is 3.82. The fourth-order valence-electron chi connectivity index (χ4n) is 2.04. The zero-order valence-corrected chi connectivity index (χ0v) is 15.8. The number of nitrogens with zero attached hydrogens (tertiary/aromatic N) is 2. The van der Waals surface area contributed by atoms with E-state index in [1.54, 1.807) is 7.11 Å². The van der Waals surface area contributed by atoms with Crippen molar-refractivity contribution >= 4 is 33.9 Å². The lowest BCUT2D eigenvalue weighted by molar-refractivity contribution is 0.126. The van der Waals surface area contributed by atoms with E-state index in [2.05, 4.69) is 15.5 Å². The number of anilines is 2. The summed E-state index contributed by atoms with van der Waals surface area (Å²) in [5.74, 6) is 1.95. The van der Waals surface area contributed by atoms with Crippen molar-refractivity contribution in [1.82, 2.24) is 10.2 Å². The van der Waals surface area contributed by atoms with E-state index < -0.39 is 6.10 Å². The standard InChI is InChI=1S/C18H19N3O3S2/c1-23-15-7-9-16(10-8-15)24-11-14(22)12-25-18-21-20-17(26-18)19-13-5-3-2-4-6-13/h2-10,14,22H,11-12H2,1H3,(H,19,20). The first-order valence-electron chi connectivity index (χ1n) is 7.96. The summed E-state index contributed by atoms with van der Waals surface area (Å²) in [6.07, 6.45) is -0.600. The number of hydrogen-bond acceptors (Lipinski definition) is 8. The molecule has 0 amide bonds. The minimum atomic E-state index is -0.600. The summed E-state index contributed by atoms with van der Waals surface area (Å²) in [5, 5.41) is 22.2. The Hall–Kier alpha value is -2.29. The Labute approximate surface area is 160 Å². The van der Waals surface area contributed by atoms with Crippen molar-refractivity contribution in [2.75, 3.05) is 24.8 Å². The Morgan fingerprint density at radius 1 is 1.08 bits per heavy atom. The molecule has 0 radical (unpaired) electrons. The van der Waals surface area contributed by atoms with Crippen LogP contribution in [0.5, 0.6) is 11.5 Å². The molecule has 1 unspecified atom stereocenters. The second-order valence-corrected chi connectivity index (χ2v) is 7.56. The molecule has 1 aromatic heterocycles. The van der Waals surface area contributed by atoms with Gasteiger partial charge in [0.25, 0.3) is 0 Å². The summed E-state index contributed by atoms with van der Waals surface area (Å²) >= 11 is 2.91.